The van der Waals surface area contributed by atoms with E-state index in [0.29, 0.717) is 37.8 Å². The summed E-state index contributed by atoms with van der Waals surface area (Å²) in [5, 5.41) is 37.0. The minimum atomic E-state index is -1.48. The average Bonchev–Trinajstić information content (AvgIpc) is 3.16. The minimum absolute atomic E-state index is 0.000999. The molecule has 328 valence electrons. The van der Waals surface area contributed by atoms with Gasteiger partial charge in [0.05, 0.1) is 30.8 Å². The number of aliphatic imine (C=N–C) groups is 1. The van der Waals surface area contributed by atoms with Crippen molar-refractivity contribution in [3.05, 3.63) is 77.1 Å². The molecule has 0 radical (unpaired) electrons. The molecule has 3 amide bonds. The number of aryl methyl sites for hydroxylation is 1. The summed E-state index contributed by atoms with van der Waals surface area (Å²) in [5.74, 6) is 0.695. The van der Waals surface area contributed by atoms with Gasteiger partial charge in [0.15, 0.2) is 6.29 Å². The maximum Gasteiger partial charge on any atom is 0.407 e. The number of nitrogens with zero attached hydrogens (tertiary/aromatic N) is 1. The highest BCUT2D eigenvalue weighted by Gasteiger charge is 2.31. The maximum atomic E-state index is 13.9. The molecule has 0 aliphatic carbocycles. The van der Waals surface area contributed by atoms with Gasteiger partial charge in [0.1, 0.15) is 24.2 Å². The first-order valence-electron chi connectivity index (χ1n) is 20.6. The van der Waals surface area contributed by atoms with Gasteiger partial charge in [0, 0.05) is 37.6 Å². The average molecular weight is 825 g/mol. The number of hydrogen-bond donors (Lipinski definition) is 7. The molecule has 0 saturated heterocycles. The third kappa shape index (κ3) is 20.7. The normalized spacial score (nSPS) is 15.4. The quantitative estimate of drug-likeness (QED) is 0.0535. The van der Waals surface area contributed by atoms with Crippen molar-refractivity contribution in [3.8, 4) is 5.75 Å². The van der Waals surface area contributed by atoms with Gasteiger partial charge in [-0.15, -0.1) is 0 Å². The van der Waals surface area contributed by atoms with E-state index in [-0.39, 0.29) is 31.9 Å². The summed E-state index contributed by atoms with van der Waals surface area (Å²) in [6.45, 7) is 16.8. The Morgan fingerprint density at radius 2 is 1.68 bits per heavy atom. The smallest absolute Gasteiger partial charge is 0.407 e. The zero-order valence-corrected chi connectivity index (χ0v) is 36.1. The van der Waals surface area contributed by atoms with Gasteiger partial charge in [-0.05, 0) is 115 Å². The predicted octanol–water partition coefficient (Wildman–Crippen LogP) is 5.71. The van der Waals surface area contributed by atoms with Crippen molar-refractivity contribution in [1.29, 1.82) is 0 Å². The molecule has 1 heterocycles. The van der Waals surface area contributed by atoms with Crippen molar-refractivity contribution >= 4 is 24.3 Å². The van der Waals surface area contributed by atoms with E-state index in [1.807, 2.05) is 76.2 Å². The van der Waals surface area contributed by atoms with Crippen LogP contribution in [0.2, 0.25) is 0 Å². The number of nitrogens with one attached hydrogen (secondary N) is 5. The van der Waals surface area contributed by atoms with Gasteiger partial charge < -0.3 is 50.4 Å². The number of carbonyl (C=O) groups excluding carboxylic acids is 3. The number of amides is 3. The van der Waals surface area contributed by atoms with Gasteiger partial charge in [-0.25, -0.2) is 9.59 Å². The predicted molar refractivity (Wildman–Crippen MR) is 228 cm³/mol. The Kier molecular flexibility index (Phi) is 20.1. The van der Waals surface area contributed by atoms with Crippen LogP contribution >= 0.6 is 0 Å². The Morgan fingerprint density at radius 1 is 0.932 bits per heavy atom. The van der Waals surface area contributed by atoms with Gasteiger partial charge in [0.2, 0.25) is 5.91 Å². The fourth-order valence-corrected chi connectivity index (χ4v) is 6.05. The van der Waals surface area contributed by atoms with E-state index in [0.717, 1.165) is 41.6 Å². The van der Waals surface area contributed by atoms with Crippen molar-refractivity contribution in [2.45, 2.75) is 143 Å². The molecule has 1 aliphatic rings. The molecule has 0 aromatic heterocycles. The van der Waals surface area contributed by atoms with Gasteiger partial charge in [-0.1, -0.05) is 43.3 Å². The number of aliphatic hydroxyl groups is 2. The van der Waals surface area contributed by atoms with E-state index in [4.69, 9.17) is 18.9 Å². The summed E-state index contributed by atoms with van der Waals surface area (Å²) in [6, 6.07) is 12.9. The van der Waals surface area contributed by atoms with Crippen LogP contribution in [0, 0.1) is 12.8 Å². The highest BCUT2D eigenvalue weighted by molar-refractivity contribution is 5.81. The Labute approximate surface area is 350 Å². The Balaban J connectivity index is 1.63. The molecule has 5 atom stereocenters. The van der Waals surface area contributed by atoms with Crippen molar-refractivity contribution in [3.63, 3.8) is 0 Å². The molecule has 1 aliphatic heterocycles. The lowest BCUT2D eigenvalue weighted by molar-refractivity contribution is -0.174. The van der Waals surface area contributed by atoms with Gasteiger partial charge in [0.25, 0.3) is 0 Å². The van der Waals surface area contributed by atoms with Crippen LogP contribution < -0.4 is 31.3 Å². The molecular weight excluding hydrogens is 757 g/mol. The Morgan fingerprint density at radius 3 is 2.36 bits per heavy atom. The van der Waals surface area contributed by atoms with E-state index in [9.17, 15) is 24.6 Å². The molecule has 0 saturated carbocycles. The number of rotatable bonds is 23. The van der Waals surface area contributed by atoms with Crippen molar-refractivity contribution in [2.75, 3.05) is 19.7 Å². The fraction of sp³-hybridized carbons (Fsp3) is 0.591. The summed E-state index contributed by atoms with van der Waals surface area (Å²) in [7, 11) is 0. The highest BCUT2D eigenvalue weighted by atomic mass is 16.6. The second-order valence-electron chi connectivity index (χ2n) is 16.9. The van der Waals surface area contributed by atoms with E-state index in [1.54, 1.807) is 33.2 Å². The van der Waals surface area contributed by atoms with E-state index < -0.39 is 48.0 Å². The van der Waals surface area contributed by atoms with Crippen molar-refractivity contribution < 1.29 is 43.5 Å². The van der Waals surface area contributed by atoms with Crippen LogP contribution in [0.5, 0.6) is 5.75 Å². The molecule has 15 heteroatoms. The largest absolute Gasteiger partial charge is 0.494 e. The second kappa shape index (κ2) is 24.4. The maximum absolute atomic E-state index is 13.9. The van der Waals surface area contributed by atoms with E-state index in [1.165, 1.54) is 0 Å². The zero-order valence-electron chi connectivity index (χ0n) is 36.1. The van der Waals surface area contributed by atoms with Crippen LogP contribution in [-0.4, -0.2) is 90.0 Å². The number of alkyl carbamates (subject to hydrolysis) is 2. The number of ether oxygens (including phenoxy) is 4. The molecule has 0 spiro atoms. The van der Waals surface area contributed by atoms with Crippen LogP contribution in [0.3, 0.4) is 0 Å². The first kappa shape index (κ1) is 48.7. The first-order chi connectivity index (χ1) is 27.9. The summed E-state index contributed by atoms with van der Waals surface area (Å²) < 4.78 is 22.5. The number of benzene rings is 2. The van der Waals surface area contributed by atoms with Crippen molar-refractivity contribution in [2.24, 2.45) is 10.9 Å². The third-order valence-corrected chi connectivity index (χ3v) is 9.18. The van der Waals surface area contributed by atoms with Crippen LogP contribution in [0.1, 0.15) is 104 Å². The van der Waals surface area contributed by atoms with Gasteiger partial charge in [-0.3, -0.25) is 15.1 Å². The Hall–Kier alpha value is -4.70. The van der Waals surface area contributed by atoms with Crippen molar-refractivity contribution in [1.82, 2.24) is 26.6 Å². The minimum Gasteiger partial charge on any atom is -0.494 e. The Bertz CT molecular complexity index is 1660. The standard InChI is InChI=1S/C44H68N6O9/c1-30(13-12-21-47-41(54)59-44(6,7)8)20-24-56-35-18-16-31(2)33(25-35)27-48-39(52)36(19-17-34-28-45-22-23-46-34)49-40(53)37(26-38(51)58-43(3,4)5)50-42(55)57-29-32-14-10-9-11-15-32/h9-11,14-16,18,22,25,28,30,36-38,40,46,49,51,53H,12-13,17,19-21,23-24,26-27,29H2,1-8H3,(H,47,54)(H,48,52)(H,50,55)/t30?,36?,37-,38?,40?/m0/s1. The lowest BCUT2D eigenvalue weighted by Gasteiger charge is -2.31. The molecule has 4 unspecified atom stereocenters. The van der Waals surface area contributed by atoms with Crippen LogP contribution in [0.25, 0.3) is 0 Å². The van der Waals surface area contributed by atoms with Gasteiger partial charge >= 0.3 is 12.2 Å². The van der Waals surface area contributed by atoms with Crippen LogP contribution in [-0.2, 0) is 32.2 Å². The highest BCUT2D eigenvalue weighted by Crippen LogP contribution is 2.20. The van der Waals surface area contributed by atoms with E-state index in [2.05, 4.69) is 38.5 Å². The number of allylic oxidation sites excluding steroid dienone is 1. The summed E-state index contributed by atoms with van der Waals surface area (Å²) >= 11 is 0. The number of aliphatic hydroxyl groups excluding tert-OH is 2. The molecule has 0 bridgehead atoms. The fourth-order valence-electron chi connectivity index (χ4n) is 6.05. The zero-order chi connectivity index (χ0) is 43.4. The molecule has 3 rings (SSSR count). The first-order valence-corrected chi connectivity index (χ1v) is 20.6. The summed E-state index contributed by atoms with van der Waals surface area (Å²) in [6.07, 6.45) is 2.50. The van der Waals surface area contributed by atoms with Crippen LogP contribution in [0.4, 0.5) is 9.59 Å². The molecule has 0 fully saturated rings. The molecule has 2 aromatic carbocycles. The summed E-state index contributed by atoms with van der Waals surface area (Å²) in [5.41, 5.74) is 2.21. The molecule has 2 aromatic rings. The lowest BCUT2D eigenvalue weighted by atomic mass is 10.0. The lowest BCUT2D eigenvalue weighted by Crippen LogP contribution is -2.57. The monoisotopic (exact) mass is 825 g/mol. The molecule has 59 heavy (non-hydrogen) atoms. The number of carbonyl (C=O) groups is 3. The molecule has 15 nitrogen and oxygen atoms in total. The molecule has 7 N–H and O–H groups in total. The second-order valence-corrected chi connectivity index (χ2v) is 16.9. The SMILES string of the molecule is Cc1ccc(OCCC(C)CCCNC(=O)OC(C)(C)C)cc1CNC(=O)C(CCC1=CN=CCN1)NC(O)[C@H](CC(O)OC(C)(C)C)NC(=O)OCc1ccccc1. The number of hydrogen-bond acceptors (Lipinski definition) is 12. The summed E-state index contributed by atoms with van der Waals surface area (Å²) in [4.78, 5) is 42.9. The topological polar surface area (TPSA) is 201 Å². The van der Waals surface area contributed by atoms with E-state index >= 15 is 0 Å². The molecular formula is C44H68N6O9. The van der Waals surface area contributed by atoms with Gasteiger partial charge in [-0.2, -0.15) is 0 Å². The van der Waals surface area contributed by atoms with Crippen LogP contribution in [0.15, 0.2) is 65.4 Å². The third-order valence-electron chi connectivity index (χ3n) is 9.18.